The lowest BCUT2D eigenvalue weighted by molar-refractivity contribution is 0.0929. The highest BCUT2D eigenvalue weighted by molar-refractivity contribution is 9.10. The highest BCUT2D eigenvalue weighted by Crippen LogP contribution is 2.08. The third kappa shape index (κ3) is 3.37. The molecule has 1 rings (SSSR count). The Kier molecular flexibility index (Phi) is 3.48. The molecule has 0 spiro atoms. The first-order chi connectivity index (χ1) is 6.94. The number of hydrogen-bond donors (Lipinski definition) is 1. The van der Waals surface area contributed by atoms with Crippen molar-refractivity contribution in [2.45, 2.75) is 19.4 Å². The molecule has 1 aromatic heterocycles. The molecule has 3 nitrogen and oxygen atoms in total. The summed E-state index contributed by atoms with van der Waals surface area (Å²) in [5.74, 6) is 2.27. The average molecular weight is 267 g/mol. The van der Waals surface area contributed by atoms with Gasteiger partial charge >= 0.3 is 0 Å². The summed E-state index contributed by atoms with van der Waals surface area (Å²) in [5, 5.41) is 2.71. The van der Waals surface area contributed by atoms with Crippen LogP contribution in [0.5, 0.6) is 0 Å². The molecule has 1 amide bonds. The third-order valence-corrected chi connectivity index (χ3v) is 2.25. The molecule has 0 aliphatic rings. The zero-order valence-electron chi connectivity index (χ0n) is 8.54. The van der Waals surface area contributed by atoms with E-state index in [4.69, 9.17) is 6.42 Å². The van der Waals surface area contributed by atoms with Crippen LogP contribution in [0.2, 0.25) is 0 Å². The van der Waals surface area contributed by atoms with E-state index in [0.29, 0.717) is 10.2 Å². The van der Waals surface area contributed by atoms with Gasteiger partial charge in [0.15, 0.2) is 0 Å². The molecule has 78 valence electrons. The van der Waals surface area contributed by atoms with Crippen LogP contribution in [-0.4, -0.2) is 16.4 Å². The third-order valence-electron chi connectivity index (χ3n) is 1.78. The highest BCUT2D eigenvalue weighted by atomic mass is 79.9. The quantitative estimate of drug-likeness (QED) is 0.657. The van der Waals surface area contributed by atoms with Crippen LogP contribution < -0.4 is 5.32 Å². The van der Waals surface area contributed by atoms with Crippen LogP contribution in [0.1, 0.15) is 24.2 Å². The van der Waals surface area contributed by atoms with Gasteiger partial charge in [-0.15, -0.1) is 6.42 Å². The van der Waals surface area contributed by atoms with Crippen LogP contribution in [0.25, 0.3) is 0 Å². The number of nitrogens with one attached hydrogen (secondary N) is 1. The van der Waals surface area contributed by atoms with Gasteiger partial charge in [0, 0.05) is 6.20 Å². The van der Waals surface area contributed by atoms with Crippen molar-refractivity contribution in [1.82, 2.24) is 10.3 Å². The van der Waals surface area contributed by atoms with Crippen LogP contribution in [-0.2, 0) is 0 Å². The SMILES string of the molecule is C#CC(C)(C)NC(=O)c1ccc(Br)nc1. The van der Waals surface area contributed by atoms with Gasteiger partial charge in [-0.3, -0.25) is 4.79 Å². The van der Waals surface area contributed by atoms with Gasteiger partial charge in [-0.05, 0) is 41.9 Å². The number of pyridine rings is 1. The lowest BCUT2D eigenvalue weighted by atomic mass is 10.1. The molecule has 4 heteroatoms. The van der Waals surface area contributed by atoms with E-state index in [9.17, 15) is 4.79 Å². The number of rotatable bonds is 2. The molecule has 1 heterocycles. The highest BCUT2D eigenvalue weighted by Gasteiger charge is 2.17. The normalized spacial score (nSPS) is 10.5. The zero-order valence-corrected chi connectivity index (χ0v) is 10.1. The number of hydrogen-bond acceptors (Lipinski definition) is 2. The van der Waals surface area contributed by atoms with Crippen LogP contribution in [0.3, 0.4) is 0 Å². The number of amides is 1. The number of carbonyl (C=O) groups excluding carboxylic acids is 1. The summed E-state index contributed by atoms with van der Waals surface area (Å²) in [4.78, 5) is 15.6. The fourth-order valence-corrected chi connectivity index (χ4v) is 1.14. The molecular formula is C11H11BrN2O. The molecular weight excluding hydrogens is 256 g/mol. The number of terminal acetylenes is 1. The van der Waals surface area contributed by atoms with Crippen molar-refractivity contribution < 1.29 is 4.79 Å². The summed E-state index contributed by atoms with van der Waals surface area (Å²) in [6, 6.07) is 3.39. The molecule has 0 atom stereocenters. The Morgan fingerprint density at radius 1 is 1.60 bits per heavy atom. The Labute approximate surface area is 97.4 Å². The van der Waals surface area contributed by atoms with Crippen LogP contribution >= 0.6 is 15.9 Å². The summed E-state index contributed by atoms with van der Waals surface area (Å²) in [6.45, 7) is 3.52. The molecule has 0 radical (unpaired) electrons. The first kappa shape index (κ1) is 11.7. The van der Waals surface area contributed by atoms with Crippen LogP contribution in [0.4, 0.5) is 0 Å². The molecule has 1 N–H and O–H groups in total. The second-order valence-electron chi connectivity index (χ2n) is 3.59. The topological polar surface area (TPSA) is 42.0 Å². The van der Waals surface area contributed by atoms with Crippen molar-refractivity contribution in [1.29, 1.82) is 0 Å². The van der Waals surface area contributed by atoms with Gasteiger partial charge in [-0.2, -0.15) is 0 Å². The summed E-state index contributed by atoms with van der Waals surface area (Å²) >= 11 is 3.19. The minimum absolute atomic E-state index is 0.224. The minimum Gasteiger partial charge on any atom is -0.336 e. The fourth-order valence-electron chi connectivity index (χ4n) is 0.902. The van der Waals surface area contributed by atoms with Crippen LogP contribution in [0.15, 0.2) is 22.9 Å². The average Bonchev–Trinajstić information content (AvgIpc) is 2.18. The van der Waals surface area contributed by atoms with Crippen molar-refractivity contribution >= 4 is 21.8 Å². The lowest BCUT2D eigenvalue weighted by Crippen LogP contribution is -2.42. The summed E-state index contributed by atoms with van der Waals surface area (Å²) < 4.78 is 0.690. The fraction of sp³-hybridized carbons (Fsp3) is 0.273. The van der Waals surface area contributed by atoms with E-state index in [0.717, 1.165) is 0 Å². The van der Waals surface area contributed by atoms with Gasteiger partial charge in [0.2, 0.25) is 0 Å². The van der Waals surface area contributed by atoms with E-state index in [-0.39, 0.29) is 5.91 Å². The van der Waals surface area contributed by atoms with Crippen molar-refractivity contribution in [3.8, 4) is 12.3 Å². The van der Waals surface area contributed by atoms with Crippen molar-refractivity contribution in [2.24, 2.45) is 0 Å². The van der Waals surface area contributed by atoms with Gasteiger partial charge in [0.1, 0.15) is 4.60 Å². The van der Waals surface area contributed by atoms with E-state index in [1.54, 1.807) is 26.0 Å². The maximum atomic E-state index is 11.7. The van der Waals surface area contributed by atoms with Gasteiger partial charge in [-0.25, -0.2) is 4.98 Å². The monoisotopic (exact) mass is 266 g/mol. The predicted octanol–water partition coefficient (Wildman–Crippen LogP) is 1.99. The number of carbonyl (C=O) groups is 1. The molecule has 0 fully saturated rings. The molecule has 0 saturated heterocycles. The first-order valence-electron chi connectivity index (χ1n) is 4.36. The van der Waals surface area contributed by atoms with Gasteiger partial charge in [0.05, 0.1) is 11.1 Å². The molecule has 0 aliphatic heterocycles. The minimum atomic E-state index is -0.649. The van der Waals surface area contributed by atoms with E-state index >= 15 is 0 Å². The smallest absolute Gasteiger partial charge is 0.254 e. The summed E-state index contributed by atoms with van der Waals surface area (Å²) in [6.07, 6.45) is 6.76. The second-order valence-corrected chi connectivity index (χ2v) is 4.41. The predicted molar refractivity (Wildman–Crippen MR) is 62.3 cm³/mol. The zero-order chi connectivity index (χ0) is 11.5. The van der Waals surface area contributed by atoms with E-state index in [1.165, 1.54) is 6.20 Å². The Bertz CT molecular complexity index is 404. The molecule has 0 saturated carbocycles. The maximum absolute atomic E-state index is 11.7. The van der Waals surface area contributed by atoms with E-state index in [1.807, 2.05) is 0 Å². The molecule has 1 aromatic rings. The number of aromatic nitrogens is 1. The number of halogens is 1. The second kappa shape index (κ2) is 4.45. The van der Waals surface area contributed by atoms with E-state index < -0.39 is 5.54 Å². The van der Waals surface area contributed by atoms with Crippen molar-refractivity contribution in [3.05, 3.63) is 28.5 Å². The largest absolute Gasteiger partial charge is 0.336 e. The Hall–Kier alpha value is -1.34. The lowest BCUT2D eigenvalue weighted by Gasteiger charge is -2.19. The summed E-state index contributed by atoms with van der Waals surface area (Å²) in [7, 11) is 0. The standard InChI is InChI=1S/C11H11BrN2O/c1-4-11(2,3)14-10(15)8-5-6-9(12)13-7-8/h1,5-7H,2-3H3,(H,14,15). The van der Waals surface area contributed by atoms with Crippen LogP contribution in [0, 0.1) is 12.3 Å². The summed E-state index contributed by atoms with van der Waals surface area (Å²) in [5.41, 5.74) is -0.161. The van der Waals surface area contributed by atoms with Gasteiger partial charge in [-0.1, -0.05) is 5.92 Å². The van der Waals surface area contributed by atoms with Gasteiger partial charge < -0.3 is 5.32 Å². The number of nitrogens with zero attached hydrogens (tertiary/aromatic N) is 1. The molecule has 0 aliphatic carbocycles. The van der Waals surface area contributed by atoms with Gasteiger partial charge in [0.25, 0.3) is 5.91 Å². The Morgan fingerprint density at radius 3 is 2.73 bits per heavy atom. The molecule has 0 bridgehead atoms. The Morgan fingerprint density at radius 2 is 2.27 bits per heavy atom. The van der Waals surface area contributed by atoms with Crippen molar-refractivity contribution in [2.75, 3.05) is 0 Å². The molecule has 0 unspecified atom stereocenters. The van der Waals surface area contributed by atoms with E-state index in [2.05, 4.69) is 32.2 Å². The van der Waals surface area contributed by atoms with Crippen molar-refractivity contribution in [3.63, 3.8) is 0 Å². The maximum Gasteiger partial charge on any atom is 0.254 e. The molecule has 15 heavy (non-hydrogen) atoms. The first-order valence-corrected chi connectivity index (χ1v) is 5.16. The molecule has 0 aromatic carbocycles. The Balaban J connectivity index is 2.79.